The molecular formula is C20H20N2O6. The van der Waals surface area contributed by atoms with Crippen LogP contribution in [0.3, 0.4) is 0 Å². The largest absolute Gasteiger partial charge is 0.497 e. The van der Waals surface area contributed by atoms with Gasteiger partial charge in [-0.15, -0.1) is 10.2 Å². The van der Waals surface area contributed by atoms with Crippen molar-refractivity contribution in [3.63, 3.8) is 0 Å². The average Bonchev–Trinajstić information content (AvgIpc) is 3.23. The zero-order chi connectivity index (χ0) is 20.1. The van der Waals surface area contributed by atoms with Crippen molar-refractivity contribution in [1.82, 2.24) is 10.2 Å². The normalized spacial score (nSPS) is 11.6. The Morgan fingerprint density at radius 1 is 0.893 bits per heavy atom. The van der Waals surface area contributed by atoms with E-state index < -0.39 is 12.1 Å². The van der Waals surface area contributed by atoms with E-state index in [1.54, 1.807) is 56.5 Å². The van der Waals surface area contributed by atoms with Crippen LogP contribution in [0.1, 0.15) is 29.3 Å². The Morgan fingerprint density at radius 3 is 2.07 bits per heavy atom. The van der Waals surface area contributed by atoms with E-state index >= 15 is 0 Å². The molecule has 1 heterocycles. The first-order chi connectivity index (χ1) is 13.5. The van der Waals surface area contributed by atoms with Gasteiger partial charge in [-0.25, -0.2) is 4.79 Å². The van der Waals surface area contributed by atoms with Gasteiger partial charge >= 0.3 is 5.97 Å². The van der Waals surface area contributed by atoms with Crippen molar-refractivity contribution < 1.29 is 28.2 Å². The van der Waals surface area contributed by atoms with E-state index in [1.165, 1.54) is 14.2 Å². The molecule has 0 unspecified atom stereocenters. The van der Waals surface area contributed by atoms with Gasteiger partial charge in [0.1, 0.15) is 17.2 Å². The number of esters is 1. The third-order valence-corrected chi connectivity index (χ3v) is 4.00. The topological polar surface area (TPSA) is 92.9 Å². The minimum Gasteiger partial charge on any atom is -0.497 e. The van der Waals surface area contributed by atoms with E-state index in [9.17, 15) is 4.79 Å². The summed E-state index contributed by atoms with van der Waals surface area (Å²) in [7, 11) is 4.60. The molecule has 0 aliphatic rings. The van der Waals surface area contributed by atoms with E-state index in [0.29, 0.717) is 17.4 Å². The van der Waals surface area contributed by atoms with Crippen LogP contribution in [0, 0.1) is 0 Å². The molecule has 0 radical (unpaired) electrons. The fraction of sp³-hybridized carbons (Fsp3) is 0.250. The summed E-state index contributed by atoms with van der Waals surface area (Å²) in [6.07, 6.45) is -0.732. The van der Waals surface area contributed by atoms with E-state index in [2.05, 4.69) is 10.2 Å². The third kappa shape index (κ3) is 4.22. The highest BCUT2D eigenvalue weighted by molar-refractivity contribution is 5.90. The van der Waals surface area contributed by atoms with Crippen molar-refractivity contribution in [2.45, 2.75) is 13.0 Å². The average molecular weight is 384 g/mol. The first-order valence-electron chi connectivity index (χ1n) is 8.46. The van der Waals surface area contributed by atoms with Gasteiger partial charge in [-0.1, -0.05) is 0 Å². The molecule has 0 spiro atoms. The summed E-state index contributed by atoms with van der Waals surface area (Å²) in [6, 6.07) is 12.0. The molecule has 28 heavy (non-hydrogen) atoms. The molecule has 8 heteroatoms. The fourth-order valence-corrected chi connectivity index (χ4v) is 2.45. The Labute approximate surface area is 162 Å². The highest BCUT2D eigenvalue weighted by atomic mass is 16.6. The lowest BCUT2D eigenvalue weighted by atomic mass is 10.2. The van der Waals surface area contributed by atoms with Crippen LogP contribution in [-0.4, -0.2) is 37.5 Å². The predicted molar refractivity (Wildman–Crippen MR) is 99.7 cm³/mol. The van der Waals surface area contributed by atoms with Crippen molar-refractivity contribution in [2.24, 2.45) is 0 Å². The van der Waals surface area contributed by atoms with Crippen molar-refractivity contribution in [2.75, 3.05) is 21.3 Å². The Balaban J connectivity index is 1.73. The second-order valence-electron chi connectivity index (χ2n) is 5.82. The van der Waals surface area contributed by atoms with Crippen LogP contribution in [0.15, 0.2) is 46.9 Å². The van der Waals surface area contributed by atoms with E-state index in [1.807, 2.05) is 0 Å². The number of carbonyl (C=O) groups is 1. The van der Waals surface area contributed by atoms with Gasteiger partial charge in [-0.05, 0) is 43.3 Å². The van der Waals surface area contributed by atoms with Crippen LogP contribution in [0.4, 0.5) is 0 Å². The lowest BCUT2D eigenvalue weighted by molar-refractivity contribution is 0.0279. The summed E-state index contributed by atoms with van der Waals surface area (Å²) in [6.45, 7) is 1.65. The summed E-state index contributed by atoms with van der Waals surface area (Å²) in [5, 5.41) is 7.98. The van der Waals surface area contributed by atoms with Gasteiger partial charge in [-0.3, -0.25) is 0 Å². The van der Waals surface area contributed by atoms with Crippen LogP contribution < -0.4 is 14.2 Å². The molecular weight excluding hydrogens is 364 g/mol. The number of rotatable bonds is 7. The van der Waals surface area contributed by atoms with Crippen LogP contribution in [0.2, 0.25) is 0 Å². The second-order valence-corrected chi connectivity index (χ2v) is 5.82. The van der Waals surface area contributed by atoms with Crippen molar-refractivity contribution in [1.29, 1.82) is 0 Å². The summed E-state index contributed by atoms with van der Waals surface area (Å²) in [5.41, 5.74) is 1.02. The molecule has 0 N–H and O–H groups in total. The first-order valence-corrected chi connectivity index (χ1v) is 8.46. The highest BCUT2D eigenvalue weighted by Gasteiger charge is 2.21. The molecule has 0 saturated heterocycles. The fourth-order valence-electron chi connectivity index (χ4n) is 2.45. The number of methoxy groups -OCH3 is 3. The molecule has 146 valence electrons. The summed E-state index contributed by atoms with van der Waals surface area (Å²) in [4.78, 5) is 12.5. The van der Waals surface area contributed by atoms with Crippen molar-refractivity contribution in [3.8, 4) is 28.7 Å². The maximum Gasteiger partial charge on any atom is 0.339 e. The zero-order valence-electron chi connectivity index (χ0n) is 16.0. The SMILES string of the molecule is COc1ccc(-c2nnc([C@@H](C)OC(=O)c3cc(OC)cc(OC)c3)o2)cc1. The quantitative estimate of drug-likeness (QED) is 0.570. The molecule has 0 saturated carbocycles. The van der Waals surface area contributed by atoms with Gasteiger partial charge < -0.3 is 23.4 Å². The minimum absolute atomic E-state index is 0.189. The first kappa shape index (κ1) is 19.2. The number of carbonyl (C=O) groups excluding carboxylic acids is 1. The lowest BCUT2D eigenvalue weighted by Crippen LogP contribution is -2.10. The Bertz CT molecular complexity index is 929. The number of nitrogens with zero attached hydrogens (tertiary/aromatic N) is 2. The molecule has 0 aliphatic heterocycles. The summed E-state index contributed by atoms with van der Waals surface area (Å²) < 4.78 is 26.5. The van der Waals surface area contributed by atoms with Crippen LogP contribution >= 0.6 is 0 Å². The van der Waals surface area contributed by atoms with Gasteiger partial charge in [-0.2, -0.15) is 0 Å². The van der Waals surface area contributed by atoms with Gasteiger partial charge in [0.2, 0.25) is 5.89 Å². The summed E-state index contributed by atoms with van der Waals surface area (Å²) in [5.74, 6) is 1.64. The van der Waals surface area contributed by atoms with E-state index in [0.717, 1.165) is 11.3 Å². The smallest absolute Gasteiger partial charge is 0.339 e. The van der Waals surface area contributed by atoms with Gasteiger partial charge in [0.25, 0.3) is 5.89 Å². The number of aromatic nitrogens is 2. The van der Waals surface area contributed by atoms with Crippen molar-refractivity contribution in [3.05, 3.63) is 53.9 Å². The third-order valence-electron chi connectivity index (χ3n) is 4.00. The van der Waals surface area contributed by atoms with Crippen LogP contribution in [-0.2, 0) is 4.74 Å². The van der Waals surface area contributed by atoms with Gasteiger partial charge in [0.05, 0.1) is 26.9 Å². The molecule has 8 nitrogen and oxygen atoms in total. The van der Waals surface area contributed by atoms with Gasteiger partial charge in [0.15, 0.2) is 6.10 Å². The molecule has 0 amide bonds. The Morgan fingerprint density at radius 2 is 1.50 bits per heavy atom. The summed E-state index contributed by atoms with van der Waals surface area (Å²) >= 11 is 0. The zero-order valence-corrected chi connectivity index (χ0v) is 16.0. The molecule has 0 aliphatic carbocycles. The number of hydrogen-bond donors (Lipinski definition) is 0. The Kier molecular flexibility index (Phi) is 5.78. The minimum atomic E-state index is -0.732. The monoisotopic (exact) mass is 384 g/mol. The highest BCUT2D eigenvalue weighted by Crippen LogP contribution is 2.27. The second kappa shape index (κ2) is 8.43. The van der Waals surface area contributed by atoms with E-state index in [-0.39, 0.29) is 11.5 Å². The van der Waals surface area contributed by atoms with E-state index in [4.69, 9.17) is 23.4 Å². The van der Waals surface area contributed by atoms with Crippen LogP contribution in [0.5, 0.6) is 17.2 Å². The molecule has 0 fully saturated rings. The molecule has 3 rings (SSSR count). The number of ether oxygens (including phenoxy) is 4. The molecule has 3 aromatic rings. The van der Waals surface area contributed by atoms with Crippen molar-refractivity contribution >= 4 is 5.97 Å². The molecule has 1 atom stereocenters. The predicted octanol–water partition coefficient (Wildman–Crippen LogP) is 3.68. The number of hydrogen-bond acceptors (Lipinski definition) is 8. The standard InChI is InChI=1S/C20H20N2O6/c1-12(27-20(23)14-9-16(25-3)11-17(10-14)26-4)18-21-22-19(28-18)13-5-7-15(24-2)8-6-13/h5-12H,1-4H3/t12-/m1/s1. The molecule has 0 bridgehead atoms. The molecule has 2 aromatic carbocycles. The maximum absolute atomic E-state index is 12.5. The van der Waals surface area contributed by atoms with Gasteiger partial charge in [0, 0.05) is 11.6 Å². The molecule has 1 aromatic heterocycles. The van der Waals surface area contributed by atoms with Crippen LogP contribution in [0.25, 0.3) is 11.5 Å². The maximum atomic E-state index is 12.5. The lowest BCUT2D eigenvalue weighted by Gasteiger charge is -2.11. The number of benzene rings is 2. The Hall–Kier alpha value is -3.55.